The fourth-order valence-electron chi connectivity index (χ4n) is 4.48. The SMILES string of the molecule is COc1ccccc1C1CNCCN1C(=O)CCC(=O)c1ccc2c(c1)CCC2.Cl. The first-order valence-corrected chi connectivity index (χ1v) is 10.5. The lowest BCUT2D eigenvalue weighted by Crippen LogP contribution is -2.48. The molecule has 5 nitrogen and oxygen atoms in total. The van der Waals surface area contributed by atoms with E-state index in [1.54, 1.807) is 7.11 Å². The minimum absolute atomic E-state index is 0. The molecule has 1 unspecified atom stereocenters. The van der Waals surface area contributed by atoms with E-state index in [1.807, 2.05) is 41.3 Å². The van der Waals surface area contributed by atoms with Crippen LogP contribution in [-0.4, -0.2) is 43.3 Å². The number of halogens is 1. The Morgan fingerprint density at radius 2 is 1.90 bits per heavy atom. The van der Waals surface area contributed by atoms with E-state index < -0.39 is 0 Å². The zero-order valence-electron chi connectivity index (χ0n) is 17.4. The van der Waals surface area contributed by atoms with E-state index in [0.29, 0.717) is 13.1 Å². The second-order valence-electron chi connectivity index (χ2n) is 7.81. The van der Waals surface area contributed by atoms with Crippen molar-refractivity contribution in [3.8, 4) is 5.75 Å². The van der Waals surface area contributed by atoms with Gasteiger partial charge in [-0.25, -0.2) is 0 Å². The van der Waals surface area contributed by atoms with Crippen molar-refractivity contribution in [3.63, 3.8) is 0 Å². The zero-order valence-corrected chi connectivity index (χ0v) is 18.2. The van der Waals surface area contributed by atoms with Crippen LogP contribution >= 0.6 is 12.4 Å². The summed E-state index contributed by atoms with van der Waals surface area (Å²) >= 11 is 0. The Labute approximate surface area is 184 Å². The number of methoxy groups -OCH3 is 1. The Hall–Kier alpha value is -2.37. The van der Waals surface area contributed by atoms with Gasteiger partial charge in [0.15, 0.2) is 5.78 Å². The normalized spacial score (nSPS) is 17.8. The van der Waals surface area contributed by atoms with Gasteiger partial charge in [0.25, 0.3) is 0 Å². The molecule has 6 heteroatoms. The molecule has 160 valence electrons. The number of ether oxygens (including phenoxy) is 1. The summed E-state index contributed by atoms with van der Waals surface area (Å²) in [4.78, 5) is 27.6. The number of fused-ring (bicyclic) bond motifs is 1. The number of para-hydroxylation sites is 1. The molecule has 2 aromatic rings. The third-order valence-corrected chi connectivity index (χ3v) is 6.05. The number of piperazine rings is 1. The standard InChI is InChI=1S/C24H28N2O3.ClH/c1-29-23-8-3-2-7-20(23)21-16-25-13-14-26(21)24(28)12-11-22(27)19-10-9-17-5-4-6-18(17)15-19;/h2-3,7-10,15,21,25H,4-6,11-14,16H2,1H3;1H. The summed E-state index contributed by atoms with van der Waals surface area (Å²) in [6, 6.07) is 13.8. The summed E-state index contributed by atoms with van der Waals surface area (Å²) < 4.78 is 5.50. The Morgan fingerprint density at radius 1 is 1.10 bits per heavy atom. The second kappa shape index (κ2) is 10.1. The maximum absolute atomic E-state index is 13.0. The van der Waals surface area contributed by atoms with Crippen LogP contribution in [0.1, 0.15) is 52.4 Å². The molecule has 1 N–H and O–H groups in total. The molecule has 0 aromatic heterocycles. The van der Waals surface area contributed by atoms with Crippen molar-refractivity contribution in [2.45, 2.75) is 38.1 Å². The molecule has 1 aliphatic heterocycles. The monoisotopic (exact) mass is 428 g/mol. The molecule has 30 heavy (non-hydrogen) atoms. The fourth-order valence-corrected chi connectivity index (χ4v) is 4.48. The molecule has 0 saturated carbocycles. The molecule has 0 radical (unpaired) electrons. The van der Waals surface area contributed by atoms with Crippen molar-refractivity contribution in [1.29, 1.82) is 0 Å². The topological polar surface area (TPSA) is 58.6 Å². The van der Waals surface area contributed by atoms with Crippen molar-refractivity contribution in [2.24, 2.45) is 0 Å². The smallest absolute Gasteiger partial charge is 0.223 e. The highest BCUT2D eigenvalue weighted by Crippen LogP contribution is 2.31. The highest BCUT2D eigenvalue weighted by atomic mass is 35.5. The third kappa shape index (κ3) is 4.68. The first-order chi connectivity index (χ1) is 14.2. The molecule has 1 heterocycles. The highest BCUT2D eigenvalue weighted by molar-refractivity contribution is 5.98. The number of hydrogen-bond acceptors (Lipinski definition) is 4. The summed E-state index contributed by atoms with van der Waals surface area (Å²) in [5.74, 6) is 0.863. The quantitative estimate of drug-likeness (QED) is 0.712. The molecule has 1 saturated heterocycles. The van der Waals surface area contributed by atoms with Crippen molar-refractivity contribution in [3.05, 3.63) is 64.7 Å². The van der Waals surface area contributed by atoms with Gasteiger partial charge in [-0.15, -0.1) is 12.4 Å². The van der Waals surface area contributed by atoms with E-state index in [4.69, 9.17) is 4.74 Å². The molecule has 4 rings (SSSR count). The second-order valence-corrected chi connectivity index (χ2v) is 7.81. The number of amides is 1. The van der Waals surface area contributed by atoms with Gasteiger partial charge in [0.2, 0.25) is 5.91 Å². The minimum Gasteiger partial charge on any atom is -0.496 e. The van der Waals surface area contributed by atoms with Gasteiger partial charge in [-0.2, -0.15) is 0 Å². The van der Waals surface area contributed by atoms with Crippen molar-refractivity contribution < 1.29 is 14.3 Å². The zero-order chi connectivity index (χ0) is 20.2. The summed E-state index contributed by atoms with van der Waals surface area (Å²) in [5.41, 5.74) is 4.39. The lowest BCUT2D eigenvalue weighted by atomic mass is 9.99. The third-order valence-electron chi connectivity index (χ3n) is 6.05. The molecule has 1 aliphatic carbocycles. The number of carbonyl (C=O) groups excluding carboxylic acids is 2. The number of hydrogen-bond donors (Lipinski definition) is 1. The van der Waals surface area contributed by atoms with Crippen LogP contribution in [0.15, 0.2) is 42.5 Å². The van der Waals surface area contributed by atoms with Gasteiger partial charge in [-0.05, 0) is 42.5 Å². The number of rotatable bonds is 6. The maximum Gasteiger partial charge on any atom is 0.223 e. The average molecular weight is 429 g/mol. The van der Waals surface area contributed by atoms with E-state index in [1.165, 1.54) is 17.5 Å². The molecule has 2 aromatic carbocycles. The van der Waals surface area contributed by atoms with Crippen LogP contribution in [0.2, 0.25) is 0 Å². The Bertz CT molecular complexity index is 915. The fraction of sp³-hybridized carbons (Fsp3) is 0.417. The van der Waals surface area contributed by atoms with E-state index in [-0.39, 0.29) is 43.0 Å². The van der Waals surface area contributed by atoms with E-state index in [9.17, 15) is 9.59 Å². The molecular formula is C24H29ClN2O3. The molecule has 2 aliphatic rings. The predicted molar refractivity (Wildman–Crippen MR) is 120 cm³/mol. The van der Waals surface area contributed by atoms with E-state index >= 15 is 0 Å². The summed E-state index contributed by atoms with van der Waals surface area (Å²) in [6.45, 7) is 2.08. The molecule has 0 bridgehead atoms. The van der Waals surface area contributed by atoms with Gasteiger partial charge in [-0.3, -0.25) is 9.59 Å². The van der Waals surface area contributed by atoms with Crippen LogP contribution in [0, 0.1) is 0 Å². The molecule has 1 atom stereocenters. The van der Waals surface area contributed by atoms with Crippen molar-refractivity contribution in [2.75, 3.05) is 26.7 Å². The van der Waals surface area contributed by atoms with Gasteiger partial charge in [0.1, 0.15) is 5.75 Å². The van der Waals surface area contributed by atoms with Crippen molar-refractivity contribution in [1.82, 2.24) is 10.2 Å². The van der Waals surface area contributed by atoms with Crippen molar-refractivity contribution >= 4 is 24.1 Å². The van der Waals surface area contributed by atoms with Gasteiger partial charge >= 0.3 is 0 Å². The largest absolute Gasteiger partial charge is 0.496 e. The number of benzene rings is 2. The minimum atomic E-state index is -0.0810. The van der Waals surface area contributed by atoms with Crippen LogP contribution in [0.25, 0.3) is 0 Å². The first-order valence-electron chi connectivity index (χ1n) is 10.5. The molecule has 1 amide bonds. The van der Waals surface area contributed by atoms with Gasteiger partial charge < -0.3 is 15.0 Å². The van der Waals surface area contributed by atoms with Crippen LogP contribution in [-0.2, 0) is 17.6 Å². The predicted octanol–water partition coefficient (Wildman–Crippen LogP) is 3.74. The Morgan fingerprint density at radius 3 is 2.73 bits per heavy atom. The Balaban J connectivity index is 0.00000256. The van der Waals surface area contributed by atoms with E-state index in [0.717, 1.165) is 36.3 Å². The summed E-state index contributed by atoms with van der Waals surface area (Å²) in [7, 11) is 1.65. The van der Waals surface area contributed by atoms with Gasteiger partial charge in [0, 0.05) is 43.6 Å². The summed E-state index contributed by atoms with van der Waals surface area (Å²) in [6.07, 6.45) is 3.81. The van der Waals surface area contributed by atoms with Crippen LogP contribution in [0.4, 0.5) is 0 Å². The number of nitrogens with one attached hydrogen (secondary N) is 1. The maximum atomic E-state index is 13.0. The van der Waals surface area contributed by atoms with E-state index in [2.05, 4.69) is 11.4 Å². The Kier molecular flexibility index (Phi) is 7.51. The number of nitrogens with zero attached hydrogens (tertiary/aromatic N) is 1. The van der Waals surface area contributed by atoms with Gasteiger partial charge in [-0.1, -0.05) is 30.3 Å². The summed E-state index contributed by atoms with van der Waals surface area (Å²) in [5, 5.41) is 3.37. The molecule has 0 spiro atoms. The number of aryl methyl sites for hydroxylation is 2. The van der Waals surface area contributed by atoms with Crippen LogP contribution < -0.4 is 10.1 Å². The molecule has 1 fully saturated rings. The lowest BCUT2D eigenvalue weighted by Gasteiger charge is -2.37. The number of Topliss-reactive ketones (excluding diaryl/α,β-unsaturated/α-hetero) is 1. The number of ketones is 1. The number of carbonyl (C=O) groups is 2. The van der Waals surface area contributed by atoms with Crippen LogP contribution in [0.5, 0.6) is 5.75 Å². The lowest BCUT2D eigenvalue weighted by molar-refractivity contribution is -0.134. The average Bonchev–Trinajstić information content (AvgIpc) is 3.25. The first kappa shape index (κ1) is 22.3. The molecular weight excluding hydrogens is 400 g/mol. The van der Waals surface area contributed by atoms with Gasteiger partial charge in [0.05, 0.1) is 13.2 Å². The highest BCUT2D eigenvalue weighted by Gasteiger charge is 2.29. The van der Waals surface area contributed by atoms with Crippen LogP contribution in [0.3, 0.4) is 0 Å².